The van der Waals surface area contributed by atoms with Crippen LogP contribution in [-0.2, 0) is 18.9 Å². The molecule has 0 saturated heterocycles. The molecule has 0 fully saturated rings. The molecule has 0 unspecified atom stereocenters. The molecule has 6 heteroatoms. The van der Waals surface area contributed by atoms with Gasteiger partial charge in [-0.3, -0.25) is 0 Å². The Kier molecular flexibility index (Phi) is 6.55. The SMILES string of the molecule is CC(=O)CP(OS(=O)(=O)c1cccc2ccccc12)(c1ccccc1)(c1ccccc1)c1ccccc1. The summed E-state index contributed by atoms with van der Waals surface area (Å²) in [6.07, 6.45) is -0.104. The van der Waals surface area contributed by atoms with Crippen molar-refractivity contribution in [2.45, 2.75) is 11.8 Å². The van der Waals surface area contributed by atoms with Gasteiger partial charge in [0.15, 0.2) is 0 Å². The number of rotatable bonds is 8. The van der Waals surface area contributed by atoms with Crippen LogP contribution in [0.1, 0.15) is 6.92 Å². The fourth-order valence-electron chi connectivity index (χ4n) is 5.20. The Hall–Kier alpha value is -3.63. The Balaban J connectivity index is 1.94. The van der Waals surface area contributed by atoms with Gasteiger partial charge in [0, 0.05) is 0 Å². The van der Waals surface area contributed by atoms with Gasteiger partial charge in [-0.05, 0) is 0 Å². The van der Waals surface area contributed by atoms with Crippen LogP contribution in [-0.4, -0.2) is 20.4 Å². The zero-order chi connectivity index (χ0) is 26.0. The molecule has 0 spiro atoms. The Morgan fingerprint density at radius 2 is 1.05 bits per heavy atom. The molecule has 0 heterocycles. The average molecular weight is 527 g/mol. The maximum absolute atomic E-state index is 14.5. The Labute approximate surface area is 217 Å². The molecule has 4 nitrogen and oxygen atoms in total. The number of hydrogen-bond acceptors (Lipinski definition) is 4. The number of benzene rings is 5. The van der Waals surface area contributed by atoms with E-state index in [0.29, 0.717) is 21.3 Å². The minimum atomic E-state index is -4.41. The van der Waals surface area contributed by atoms with Crippen molar-refractivity contribution in [2.24, 2.45) is 0 Å². The van der Waals surface area contributed by atoms with Crippen LogP contribution in [0, 0.1) is 0 Å². The van der Waals surface area contributed by atoms with Crippen molar-refractivity contribution in [3.8, 4) is 0 Å². The van der Waals surface area contributed by atoms with E-state index in [1.807, 2.05) is 115 Å². The van der Waals surface area contributed by atoms with Gasteiger partial charge in [-0.25, -0.2) is 0 Å². The van der Waals surface area contributed by atoms with Gasteiger partial charge in [-0.2, -0.15) is 0 Å². The standard InChI is InChI=1S/C31H27O4PS/c1-25(32)24-36(27-16-5-2-6-17-27,28-18-7-3-8-19-28,29-20-9-4-10-21-29)35-37(33,34)31-23-13-15-26-14-11-12-22-30(26)31/h2-23H,24H2,1H3. The molecular formula is C31H27O4PS. The molecule has 5 aromatic carbocycles. The summed E-state index contributed by atoms with van der Waals surface area (Å²) in [4.78, 5) is 13.3. The van der Waals surface area contributed by atoms with Crippen molar-refractivity contribution >= 4 is 49.4 Å². The average Bonchev–Trinajstić information content (AvgIpc) is 2.93. The monoisotopic (exact) mass is 526 g/mol. The zero-order valence-corrected chi connectivity index (χ0v) is 22.1. The van der Waals surface area contributed by atoms with Gasteiger partial charge >= 0.3 is 218 Å². The van der Waals surface area contributed by atoms with Crippen LogP contribution < -0.4 is 15.9 Å². The summed E-state index contributed by atoms with van der Waals surface area (Å²) in [6.45, 7) is -2.92. The van der Waals surface area contributed by atoms with Crippen molar-refractivity contribution in [3.63, 3.8) is 0 Å². The topological polar surface area (TPSA) is 60.4 Å². The first-order valence-electron chi connectivity index (χ1n) is 12.0. The summed E-state index contributed by atoms with van der Waals surface area (Å²) in [5, 5.41) is 3.37. The number of ketones is 1. The van der Waals surface area contributed by atoms with Gasteiger partial charge in [0.2, 0.25) is 0 Å². The van der Waals surface area contributed by atoms with E-state index in [1.54, 1.807) is 18.2 Å². The first kappa shape index (κ1) is 25.0. The van der Waals surface area contributed by atoms with E-state index in [4.69, 9.17) is 3.97 Å². The molecule has 0 saturated carbocycles. The van der Waals surface area contributed by atoms with E-state index < -0.39 is 16.9 Å². The van der Waals surface area contributed by atoms with Crippen molar-refractivity contribution in [1.29, 1.82) is 0 Å². The first-order chi connectivity index (χ1) is 17.9. The predicted octanol–water partition coefficient (Wildman–Crippen LogP) is 5.58. The second-order valence-corrected chi connectivity index (χ2v) is 15.3. The Morgan fingerprint density at radius 3 is 1.54 bits per heavy atom. The van der Waals surface area contributed by atoms with E-state index >= 15 is 0 Å². The quantitative estimate of drug-likeness (QED) is 0.248. The summed E-state index contributed by atoms with van der Waals surface area (Å²) in [5.74, 6) is -0.164. The maximum atomic E-state index is 14.5. The molecule has 37 heavy (non-hydrogen) atoms. The summed E-state index contributed by atoms with van der Waals surface area (Å²) in [7, 11) is -4.39. The van der Waals surface area contributed by atoms with Crippen LogP contribution in [0.25, 0.3) is 10.8 Å². The number of Topliss-reactive ketones (excluding diaryl/α,β-unsaturated/α-hetero) is 1. The van der Waals surface area contributed by atoms with Crippen molar-refractivity contribution < 1.29 is 17.2 Å². The minimum absolute atomic E-state index is 0.0749. The van der Waals surface area contributed by atoms with E-state index in [0.717, 1.165) is 5.39 Å². The van der Waals surface area contributed by atoms with Gasteiger partial charge in [-0.15, -0.1) is 0 Å². The molecule has 0 aliphatic heterocycles. The summed E-state index contributed by atoms with van der Waals surface area (Å²) in [5.41, 5.74) is 0. The molecule has 5 rings (SSSR count). The van der Waals surface area contributed by atoms with Gasteiger partial charge in [0.05, 0.1) is 0 Å². The second-order valence-electron chi connectivity index (χ2n) is 9.09. The third-order valence-electron chi connectivity index (χ3n) is 6.71. The number of carbonyl (C=O) groups excluding carboxylic acids is 1. The van der Waals surface area contributed by atoms with Gasteiger partial charge in [0.1, 0.15) is 0 Å². The summed E-state index contributed by atoms with van der Waals surface area (Å²) >= 11 is 0. The van der Waals surface area contributed by atoms with Gasteiger partial charge in [-0.1, -0.05) is 0 Å². The van der Waals surface area contributed by atoms with Gasteiger partial charge in [0.25, 0.3) is 0 Å². The van der Waals surface area contributed by atoms with Crippen LogP contribution in [0.5, 0.6) is 0 Å². The van der Waals surface area contributed by atoms with E-state index in [1.165, 1.54) is 6.92 Å². The van der Waals surface area contributed by atoms with E-state index in [2.05, 4.69) is 0 Å². The van der Waals surface area contributed by atoms with Crippen LogP contribution in [0.2, 0.25) is 0 Å². The molecule has 0 amide bonds. The summed E-state index contributed by atoms with van der Waals surface area (Å²) < 4.78 is 35.7. The number of hydrogen-bond donors (Lipinski definition) is 0. The molecule has 5 aromatic rings. The molecule has 186 valence electrons. The van der Waals surface area contributed by atoms with Crippen LogP contribution in [0.3, 0.4) is 0 Å². The van der Waals surface area contributed by atoms with E-state index in [-0.39, 0.29) is 16.8 Å². The van der Waals surface area contributed by atoms with Crippen LogP contribution >= 0.6 is 6.83 Å². The molecule has 0 bridgehead atoms. The first-order valence-corrected chi connectivity index (χ1v) is 15.7. The zero-order valence-electron chi connectivity index (χ0n) is 20.4. The summed E-state index contributed by atoms with van der Waals surface area (Å²) in [6, 6.07) is 40.5. The molecule has 0 atom stereocenters. The molecular weight excluding hydrogens is 499 g/mol. The molecule has 0 aliphatic carbocycles. The van der Waals surface area contributed by atoms with Crippen molar-refractivity contribution in [1.82, 2.24) is 0 Å². The van der Waals surface area contributed by atoms with E-state index in [9.17, 15) is 13.2 Å². The third-order valence-corrected chi connectivity index (χ3v) is 14.9. The van der Waals surface area contributed by atoms with Crippen LogP contribution in [0.15, 0.2) is 138 Å². The van der Waals surface area contributed by atoms with Gasteiger partial charge < -0.3 is 0 Å². The number of fused-ring (bicyclic) bond motifs is 1. The molecule has 0 aliphatic rings. The van der Waals surface area contributed by atoms with Crippen LogP contribution in [0.4, 0.5) is 0 Å². The molecule has 0 radical (unpaired) electrons. The molecule has 0 aromatic heterocycles. The molecule has 0 N–H and O–H groups in total. The Morgan fingerprint density at radius 1 is 0.622 bits per heavy atom. The predicted molar refractivity (Wildman–Crippen MR) is 153 cm³/mol. The van der Waals surface area contributed by atoms with Crippen molar-refractivity contribution in [2.75, 3.05) is 6.16 Å². The van der Waals surface area contributed by atoms with Crippen molar-refractivity contribution in [3.05, 3.63) is 133 Å². The second kappa shape index (κ2) is 9.68. The Bertz CT molecular complexity index is 1560. The number of carbonyl (C=O) groups is 1. The fraction of sp³-hybridized carbons (Fsp3) is 0.0645. The fourth-order valence-corrected chi connectivity index (χ4v) is 13.9. The third kappa shape index (κ3) is 4.19. The normalized spacial score (nSPS) is 13.1.